The SMILES string of the molecule is Nc1cc(-c2ccccc2)ccc1NS(=O)(=O)c1cc(Cl)cc(Br)c1O. The van der Waals surface area contributed by atoms with Crippen LogP contribution in [0, 0.1) is 0 Å². The molecule has 0 aliphatic heterocycles. The van der Waals surface area contributed by atoms with Gasteiger partial charge < -0.3 is 10.8 Å². The van der Waals surface area contributed by atoms with Gasteiger partial charge in [-0.05, 0) is 51.3 Å². The minimum Gasteiger partial charge on any atom is -0.505 e. The zero-order chi connectivity index (χ0) is 18.9. The molecule has 0 radical (unpaired) electrons. The number of phenols is 1. The first-order valence-corrected chi connectivity index (χ1v) is 10.1. The van der Waals surface area contributed by atoms with Crippen LogP contribution in [-0.2, 0) is 10.0 Å². The first kappa shape index (κ1) is 18.6. The molecule has 0 aliphatic rings. The molecule has 5 nitrogen and oxygen atoms in total. The van der Waals surface area contributed by atoms with Gasteiger partial charge in [-0.3, -0.25) is 4.72 Å². The van der Waals surface area contributed by atoms with Crippen LogP contribution in [0.3, 0.4) is 0 Å². The number of nitrogens with two attached hydrogens (primary N) is 1. The highest BCUT2D eigenvalue weighted by molar-refractivity contribution is 9.10. The number of rotatable bonds is 4. The second-order valence-electron chi connectivity index (χ2n) is 5.51. The maximum atomic E-state index is 12.6. The van der Waals surface area contributed by atoms with Crippen LogP contribution in [0.25, 0.3) is 11.1 Å². The lowest BCUT2D eigenvalue weighted by Crippen LogP contribution is -2.14. The normalized spacial score (nSPS) is 11.3. The van der Waals surface area contributed by atoms with Crippen molar-refractivity contribution < 1.29 is 13.5 Å². The molecule has 3 aromatic rings. The van der Waals surface area contributed by atoms with Crippen LogP contribution in [-0.4, -0.2) is 13.5 Å². The number of hydrogen-bond donors (Lipinski definition) is 3. The summed E-state index contributed by atoms with van der Waals surface area (Å²) in [6, 6.07) is 17.2. The topological polar surface area (TPSA) is 92.4 Å². The van der Waals surface area contributed by atoms with Crippen LogP contribution in [0.15, 0.2) is 70.0 Å². The maximum Gasteiger partial charge on any atom is 0.265 e. The third-order valence-corrected chi connectivity index (χ3v) is 5.89. The summed E-state index contributed by atoms with van der Waals surface area (Å²) in [5, 5.41) is 10.2. The monoisotopic (exact) mass is 452 g/mol. The Bertz CT molecular complexity index is 1070. The number of hydrogen-bond acceptors (Lipinski definition) is 4. The van der Waals surface area contributed by atoms with Crippen LogP contribution in [0.4, 0.5) is 11.4 Å². The molecular formula is C18H14BrClN2O3S. The minimum atomic E-state index is -4.08. The van der Waals surface area contributed by atoms with E-state index in [4.69, 9.17) is 17.3 Å². The lowest BCUT2D eigenvalue weighted by molar-refractivity contribution is 0.455. The van der Waals surface area contributed by atoms with Crippen molar-refractivity contribution in [1.29, 1.82) is 0 Å². The van der Waals surface area contributed by atoms with Crippen molar-refractivity contribution >= 4 is 48.9 Å². The lowest BCUT2D eigenvalue weighted by Gasteiger charge is -2.13. The van der Waals surface area contributed by atoms with Gasteiger partial charge in [0.2, 0.25) is 0 Å². The zero-order valence-electron chi connectivity index (χ0n) is 13.3. The second kappa shape index (κ2) is 7.19. The molecule has 0 heterocycles. The molecule has 0 atom stereocenters. The number of nitrogen functional groups attached to an aromatic ring is 1. The number of halogens is 2. The van der Waals surface area contributed by atoms with Crippen molar-refractivity contribution in [3.63, 3.8) is 0 Å². The van der Waals surface area contributed by atoms with E-state index in [1.807, 2.05) is 30.3 Å². The molecule has 0 amide bonds. The summed E-state index contributed by atoms with van der Waals surface area (Å²) >= 11 is 8.97. The number of phenolic OH excluding ortho intramolecular Hbond substituents is 1. The average molecular weight is 454 g/mol. The van der Waals surface area contributed by atoms with E-state index in [0.29, 0.717) is 0 Å². The number of anilines is 2. The molecular weight excluding hydrogens is 440 g/mol. The van der Waals surface area contributed by atoms with Crippen molar-refractivity contribution in [3.05, 3.63) is 70.2 Å². The van der Waals surface area contributed by atoms with Crippen molar-refractivity contribution in [2.75, 3.05) is 10.5 Å². The fourth-order valence-electron chi connectivity index (χ4n) is 2.41. The molecule has 3 rings (SSSR count). The van der Waals surface area contributed by atoms with Crippen LogP contribution in [0.2, 0.25) is 5.02 Å². The number of sulfonamides is 1. The minimum absolute atomic E-state index is 0.169. The fourth-order valence-corrected chi connectivity index (χ4v) is 4.65. The summed E-state index contributed by atoms with van der Waals surface area (Å²) in [5.41, 5.74) is 8.31. The van der Waals surface area contributed by atoms with Crippen molar-refractivity contribution in [2.45, 2.75) is 4.90 Å². The lowest BCUT2D eigenvalue weighted by atomic mass is 10.0. The highest BCUT2D eigenvalue weighted by atomic mass is 79.9. The van der Waals surface area contributed by atoms with E-state index in [0.717, 1.165) is 11.1 Å². The molecule has 0 spiro atoms. The molecule has 134 valence electrons. The standard InChI is InChI=1S/C18H14BrClN2O3S/c19-14-9-13(20)10-17(18(14)23)26(24,25)22-16-7-6-12(8-15(16)21)11-4-2-1-3-5-11/h1-10,22-23H,21H2. The fraction of sp³-hybridized carbons (Fsp3) is 0. The van der Waals surface area contributed by atoms with Gasteiger partial charge in [0.25, 0.3) is 10.0 Å². The molecule has 0 saturated carbocycles. The second-order valence-corrected chi connectivity index (χ2v) is 8.45. The van der Waals surface area contributed by atoms with Gasteiger partial charge >= 0.3 is 0 Å². The number of benzene rings is 3. The zero-order valence-corrected chi connectivity index (χ0v) is 16.4. The van der Waals surface area contributed by atoms with Gasteiger partial charge in [0.15, 0.2) is 0 Å². The molecule has 0 saturated heterocycles. The van der Waals surface area contributed by atoms with Gasteiger partial charge in [0, 0.05) is 5.02 Å². The number of aromatic hydroxyl groups is 1. The highest BCUT2D eigenvalue weighted by Crippen LogP contribution is 2.36. The van der Waals surface area contributed by atoms with E-state index in [1.165, 1.54) is 12.1 Å². The predicted molar refractivity (Wildman–Crippen MR) is 108 cm³/mol. The maximum absolute atomic E-state index is 12.6. The molecule has 4 N–H and O–H groups in total. The molecule has 3 aromatic carbocycles. The van der Waals surface area contributed by atoms with E-state index in [1.54, 1.807) is 18.2 Å². The Morgan fingerprint density at radius 2 is 1.69 bits per heavy atom. The van der Waals surface area contributed by atoms with E-state index >= 15 is 0 Å². The Kier molecular flexibility index (Phi) is 5.13. The van der Waals surface area contributed by atoms with Crippen LogP contribution in [0.1, 0.15) is 0 Å². The van der Waals surface area contributed by atoms with E-state index < -0.39 is 15.8 Å². The molecule has 0 fully saturated rings. The van der Waals surface area contributed by atoms with Crippen LogP contribution < -0.4 is 10.5 Å². The average Bonchev–Trinajstić information content (AvgIpc) is 2.60. The predicted octanol–water partition coefficient (Wildman–Crippen LogP) is 4.86. The van der Waals surface area contributed by atoms with E-state index in [9.17, 15) is 13.5 Å². The highest BCUT2D eigenvalue weighted by Gasteiger charge is 2.22. The number of nitrogens with one attached hydrogen (secondary N) is 1. The van der Waals surface area contributed by atoms with Gasteiger partial charge in [-0.1, -0.05) is 48.0 Å². The third kappa shape index (κ3) is 3.80. The van der Waals surface area contributed by atoms with Gasteiger partial charge in [0.05, 0.1) is 15.8 Å². The summed E-state index contributed by atoms with van der Waals surface area (Å²) in [6.07, 6.45) is 0. The van der Waals surface area contributed by atoms with Crippen LogP contribution in [0.5, 0.6) is 5.75 Å². The largest absolute Gasteiger partial charge is 0.505 e. The molecule has 0 aromatic heterocycles. The Balaban J connectivity index is 1.96. The Morgan fingerprint density at radius 1 is 1.00 bits per heavy atom. The van der Waals surface area contributed by atoms with Crippen molar-refractivity contribution in [2.24, 2.45) is 0 Å². The van der Waals surface area contributed by atoms with Crippen molar-refractivity contribution in [1.82, 2.24) is 0 Å². The molecule has 8 heteroatoms. The molecule has 0 aliphatic carbocycles. The Hall–Kier alpha value is -2.22. The summed E-state index contributed by atoms with van der Waals surface area (Å²) in [6.45, 7) is 0. The third-order valence-electron chi connectivity index (χ3n) is 3.69. The first-order chi connectivity index (χ1) is 12.3. The summed E-state index contributed by atoms with van der Waals surface area (Å²) < 4.78 is 27.8. The molecule has 26 heavy (non-hydrogen) atoms. The Morgan fingerprint density at radius 3 is 2.35 bits per heavy atom. The van der Waals surface area contributed by atoms with E-state index in [-0.39, 0.29) is 25.8 Å². The first-order valence-electron chi connectivity index (χ1n) is 7.44. The summed E-state index contributed by atoms with van der Waals surface area (Å²) in [4.78, 5) is -0.344. The smallest absolute Gasteiger partial charge is 0.265 e. The quantitative estimate of drug-likeness (QED) is 0.492. The van der Waals surface area contributed by atoms with Gasteiger partial charge in [-0.25, -0.2) is 8.42 Å². The van der Waals surface area contributed by atoms with Crippen LogP contribution >= 0.6 is 27.5 Å². The molecule has 0 bridgehead atoms. The van der Waals surface area contributed by atoms with Gasteiger partial charge in [0.1, 0.15) is 10.6 Å². The molecule has 0 unspecified atom stereocenters. The summed E-state index contributed by atoms with van der Waals surface area (Å²) in [5.74, 6) is -0.429. The summed E-state index contributed by atoms with van der Waals surface area (Å²) in [7, 11) is -4.08. The Labute approximate surface area is 164 Å². The van der Waals surface area contributed by atoms with Gasteiger partial charge in [-0.2, -0.15) is 0 Å². The van der Waals surface area contributed by atoms with E-state index in [2.05, 4.69) is 20.7 Å². The van der Waals surface area contributed by atoms with Crippen molar-refractivity contribution in [3.8, 4) is 16.9 Å². The van der Waals surface area contributed by atoms with Gasteiger partial charge in [-0.15, -0.1) is 0 Å².